The van der Waals surface area contributed by atoms with Gasteiger partial charge >= 0.3 is 0 Å². The van der Waals surface area contributed by atoms with Gasteiger partial charge in [-0.2, -0.15) is 0 Å². The summed E-state index contributed by atoms with van der Waals surface area (Å²) in [5, 5.41) is 2.87. The van der Waals surface area contributed by atoms with Crippen molar-refractivity contribution in [3.05, 3.63) is 23.3 Å². The summed E-state index contributed by atoms with van der Waals surface area (Å²) in [5.74, 6) is 0.635. The van der Waals surface area contributed by atoms with Crippen molar-refractivity contribution in [3.63, 3.8) is 0 Å². The number of carbonyl (C=O) groups is 1. The maximum atomic E-state index is 11.1. The molecule has 1 heterocycles. The van der Waals surface area contributed by atoms with E-state index < -0.39 is 0 Å². The van der Waals surface area contributed by atoms with E-state index in [4.69, 9.17) is 0 Å². The molecule has 2 nitrogen and oxygen atoms in total. The third-order valence-electron chi connectivity index (χ3n) is 2.23. The quantitative estimate of drug-likeness (QED) is 0.685. The van der Waals surface area contributed by atoms with Crippen LogP contribution in [0, 0.1) is 13.8 Å². The monoisotopic (exact) mass is 193 g/mol. The molecular formula is C10H11NOS. The van der Waals surface area contributed by atoms with Gasteiger partial charge in [0.2, 0.25) is 5.91 Å². The van der Waals surface area contributed by atoms with E-state index >= 15 is 0 Å². The lowest BCUT2D eigenvalue weighted by Crippen LogP contribution is -2.18. The van der Waals surface area contributed by atoms with Gasteiger partial charge in [-0.3, -0.25) is 4.79 Å². The Hall–Kier alpha value is -0.960. The fourth-order valence-electron chi connectivity index (χ4n) is 1.34. The van der Waals surface area contributed by atoms with Crippen LogP contribution in [0.25, 0.3) is 0 Å². The van der Waals surface area contributed by atoms with Crippen LogP contribution >= 0.6 is 11.8 Å². The first-order valence-corrected chi connectivity index (χ1v) is 5.19. The first-order chi connectivity index (χ1) is 6.16. The van der Waals surface area contributed by atoms with Gasteiger partial charge in [-0.25, -0.2) is 0 Å². The third-order valence-corrected chi connectivity index (χ3v) is 3.28. The standard InChI is InChI=1S/C10H11NOS/c1-6-3-8-9(4-7(6)2)13-5-10(12)11-8/h3-4H,5H2,1-2H3,(H,11,12). The van der Waals surface area contributed by atoms with Gasteiger partial charge in [0.25, 0.3) is 0 Å². The second-order valence-electron chi connectivity index (χ2n) is 3.27. The first kappa shape index (κ1) is 8.63. The van der Waals surface area contributed by atoms with Crippen LogP contribution in [0.5, 0.6) is 0 Å². The molecule has 1 aliphatic heterocycles. The SMILES string of the molecule is Cc1cc2c(cc1C)SCC(=O)N2. The van der Waals surface area contributed by atoms with Gasteiger partial charge in [0.05, 0.1) is 11.4 Å². The highest BCUT2D eigenvalue weighted by Gasteiger charge is 2.15. The summed E-state index contributed by atoms with van der Waals surface area (Å²) < 4.78 is 0. The summed E-state index contributed by atoms with van der Waals surface area (Å²) in [6.45, 7) is 4.15. The van der Waals surface area contributed by atoms with E-state index in [1.807, 2.05) is 6.07 Å². The zero-order valence-corrected chi connectivity index (χ0v) is 8.49. The average molecular weight is 193 g/mol. The molecule has 1 aromatic carbocycles. The molecule has 0 radical (unpaired) electrons. The fourth-order valence-corrected chi connectivity index (χ4v) is 2.22. The van der Waals surface area contributed by atoms with E-state index in [1.165, 1.54) is 16.0 Å². The highest BCUT2D eigenvalue weighted by molar-refractivity contribution is 8.00. The molecule has 0 saturated heterocycles. The molecule has 0 fully saturated rings. The van der Waals surface area contributed by atoms with Gasteiger partial charge in [0, 0.05) is 4.90 Å². The Morgan fingerprint density at radius 3 is 2.77 bits per heavy atom. The molecule has 2 rings (SSSR count). The van der Waals surface area contributed by atoms with Crippen molar-refractivity contribution in [3.8, 4) is 0 Å². The summed E-state index contributed by atoms with van der Waals surface area (Å²) >= 11 is 1.61. The van der Waals surface area contributed by atoms with E-state index in [2.05, 4.69) is 25.2 Å². The Balaban J connectivity index is 2.49. The largest absolute Gasteiger partial charge is 0.324 e. The molecule has 0 saturated carbocycles. The molecule has 0 aliphatic carbocycles. The van der Waals surface area contributed by atoms with Crippen LogP contribution in [0.2, 0.25) is 0 Å². The van der Waals surface area contributed by atoms with E-state index in [0.29, 0.717) is 5.75 Å². The smallest absolute Gasteiger partial charge is 0.234 e. The summed E-state index contributed by atoms with van der Waals surface area (Å²) in [6.07, 6.45) is 0. The van der Waals surface area contributed by atoms with Gasteiger partial charge in [-0.05, 0) is 37.1 Å². The molecule has 1 N–H and O–H groups in total. The molecule has 68 valence electrons. The molecular weight excluding hydrogens is 182 g/mol. The molecule has 3 heteroatoms. The number of amides is 1. The van der Waals surface area contributed by atoms with Crippen LogP contribution in [0.4, 0.5) is 5.69 Å². The predicted octanol–water partition coefficient (Wildman–Crippen LogP) is 2.35. The zero-order valence-electron chi connectivity index (χ0n) is 7.68. The van der Waals surface area contributed by atoms with Crippen LogP contribution in [0.3, 0.4) is 0 Å². The number of nitrogens with one attached hydrogen (secondary N) is 1. The predicted molar refractivity (Wildman–Crippen MR) is 55.3 cm³/mol. The van der Waals surface area contributed by atoms with Crippen molar-refractivity contribution in [1.29, 1.82) is 0 Å². The second-order valence-corrected chi connectivity index (χ2v) is 4.29. The van der Waals surface area contributed by atoms with Crippen molar-refractivity contribution in [1.82, 2.24) is 0 Å². The Kier molecular flexibility index (Phi) is 2.04. The lowest BCUT2D eigenvalue weighted by atomic mass is 10.1. The normalized spacial score (nSPS) is 15.1. The molecule has 0 unspecified atom stereocenters. The Morgan fingerprint density at radius 2 is 2.00 bits per heavy atom. The van der Waals surface area contributed by atoms with Crippen molar-refractivity contribution in [2.24, 2.45) is 0 Å². The Morgan fingerprint density at radius 1 is 1.31 bits per heavy atom. The van der Waals surface area contributed by atoms with Crippen LogP contribution in [-0.2, 0) is 4.79 Å². The highest BCUT2D eigenvalue weighted by Crippen LogP contribution is 2.33. The average Bonchev–Trinajstić information content (AvgIpc) is 2.08. The van der Waals surface area contributed by atoms with Gasteiger partial charge < -0.3 is 5.32 Å². The number of hydrogen-bond donors (Lipinski definition) is 1. The molecule has 1 aliphatic rings. The topological polar surface area (TPSA) is 29.1 Å². The summed E-state index contributed by atoms with van der Waals surface area (Å²) in [5.41, 5.74) is 3.47. The van der Waals surface area contributed by atoms with Crippen LogP contribution in [0.1, 0.15) is 11.1 Å². The van der Waals surface area contributed by atoms with Crippen molar-refractivity contribution < 1.29 is 4.79 Å². The van der Waals surface area contributed by atoms with Gasteiger partial charge in [0.1, 0.15) is 0 Å². The van der Waals surface area contributed by atoms with Gasteiger partial charge in [0.15, 0.2) is 0 Å². The minimum Gasteiger partial charge on any atom is -0.324 e. The van der Waals surface area contributed by atoms with Gasteiger partial charge in [-0.15, -0.1) is 11.8 Å². The molecule has 0 bridgehead atoms. The Labute approximate surface area is 81.7 Å². The molecule has 1 aromatic rings. The van der Waals surface area contributed by atoms with Crippen molar-refractivity contribution in [2.45, 2.75) is 18.7 Å². The van der Waals surface area contributed by atoms with Gasteiger partial charge in [-0.1, -0.05) is 0 Å². The summed E-state index contributed by atoms with van der Waals surface area (Å²) in [7, 11) is 0. The van der Waals surface area contributed by atoms with E-state index in [-0.39, 0.29) is 5.91 Å². The molecule has 0 spiro atoms. The van der Waals surface area contributed by atoms with E-state index in [9.17, 15) is 4.79 Å². The first-order valence-electron chi connectivity index (χ1n) is 4.21. The molecule has 0 aromatic heterocycles. The van der Waals surface area contributed by atoms with Crippen LogP contribution < -0.4 is 5.32 Å². The molecule has 13 heavy (non-hydrogen) atoms. The van der Waals surface area contributed by atoms with Crippen LogP contribution in [0.15, 0.2) is 17.0 Å². The minimum atomic E-state index is 0.0979. The summed E-state index contributed by atoms with van der Waals surface area (Å²) in [6, 6.07) is 4.17. The number of fused-ring (bicyclic) bond motifs is 1. The number of carbonyl (C=O) groups excluding carboxylic acids is 1. The number of hydrogen-bond acceptors (Lipinski definition) is 2. The fraction of sp³-hybridized carbons (Fsp3) is 0.300. The van der Waals surface area contributed by atoms with Crippen LogP contribution in [-0.4, -0.2) is 11.7 Å². The Bertz CT molecular complexity index is 373. The number of benzene rings is 1. The minimum absolute atomic E-state index is 0.0979. The zero-order chi connectivity index (χ0) is 9.42. The third kappa shape index (κ3) is 1.56. The second kappa shape index (κ2) is 3.07. The number of anilines is 1. The summed E-state index contributed by atoms with van der Waals surface area (Å²) in [4.78, 5) is 12.3. The molecule has 1 amide bonds. The number of rotatable bonds is 0. The highest BCUT2D eigenvalue weighted by atomic mass is 32.2. The maximum Gasteiger partial charge on any atom is 0.234 e. The lowest BCUT2D eigenvalue weighted by Gasteiger charge is -2.17. The number of thioether (sulfide) groups is 1. The maximum absolute atomic E-state index is 11.1. The van der Waals surface area contributed by atoms with E-state index in [1.54, 1.807) is 11.8 Å². The number of aryl methyl sites for hydroxylation is 2. The van der Waals surface area contributed by atoms with E-state index in [0.717, 1.165) is 5.69 Å². The van der Waals surface area contributed by atoms with Crippen molar-refractivity contribution in [2.75, 3.05) is 11.1 Å². The molecule has 0 atom stereocenters. The lowest BCUT2D eigenvalue weighted by molar-refractivity contribution is -0.113. The van der Waals surface area contributed by atoms with Crippen molar-refractivity contribution >= 4 is 23.4 Å².